The van der Waals surface area contributed by atoms with E-state index in [0.29, 0.717) is 10.9 Å². The van der Waals surface area contributed by atoms with Crippen LogP contribution >= 0.6 is 11.8 Å². The van der Waals surface area contributed by atoms with Crippen molar-refractivity contribution in [3.63, 3.8) is 0 Å². The molecule has 0 spiro atoms. The number of nitrogens with one attached hydrogen (secondary N) is 1. The van der Waals surface area contributed by atoms with Crippen molar-refractivity contribution in [1.82, 2.24) is 4.90 Å². The Balaban J connectivity index is 1.53. The maximum absolute atomic E-state index is 13.3. The molecule has 2 fully saturated rings. The number of hydrogen-bond donors (Lipinski definition) is 1. The number of ether oxygens (including phenoxy) is 1. The smallest absolute Gasteiger partial charge is 0.271 e. The lowest BCUT2D eigenvalue weighted by Crippen LogP contribution is -2.40. The molecule has 1 atom stereocenters. The van der Waals surface area contributed by atoms with E-state index in [1.165, 1.54) is 61.3 Å². The SMILES string of the molecule is COc1ccc([N+](=O)[O-])cc1NC(=O)CC1SC(=Nc2ccc(F)cc2)N(C2CCCC2)C1=O. The molecule has 0 bridgehead atoms. The first-order valence-electron chi connectivity index (χ1n) is 10.8. The second-order valence-corrected chi connectivity index (χ2v) is 9.19. The minimum atomic E-state index is -0.690. The van der Waals surface area contributed by atoms with Crippen LogP contribution in [0.25, 0.3) is 0 Å². The fraction of sp³-hybridized carbons (Fsp3) is 0.348. The van der Waals surface area contributed by atoms with Crippen LogP contribution in [0.2, 0.25) is 0 Å². The molecule has 1 heterocycles. The summed E-state index contributed by atoms with van der Waals surface area (Å²) in [6.07, 6.45) is 3.61. The fourth-order valence-corrected chi connectivity index (χ4v) is 5.31. The lowest BCUT2D eigenvalue weighted by molar-refractivity contribution is -0.384. The van der Waals surface area contributed by atoms with Gasteiger partial charge in [-0.05, 0) is 43.2 Å². The minimum Gasteiger partial charge on any atom is -0.495 e. The number of anilines is 1. The molecule has 2 aliphatic rings. The number of thioether (sulfide) groups is 1. The summed E-state index contributed by atoms with van der Waals surface area (Å²) in [7, 11) is 1.39. The third-order valence-corrected chi connectivity index (χ3v) is 6.90. The normalized spacial score (nSPS) is 19.6. The summed E-state index contributed by atoms with van der Waals surface area (Å²) >= 11 is 1.20. The van der Waals surface area contributed by atoms with Gasteiger partial charge in [-0.15, -0.1) is 0 Å². The second kappa shape index (κ2) is 10.2. The molecule has 178 valence electrons. The van der Waals surface area contributed by atoms with E-state index in [1.54, 1.807) is 4.90 Å². The number of carbonyl (C=O) groups is 2. The van der Waals surface area contributed by atoms with E-state index in [2.05, 4.69) is 10.3 Å². The highest BCUT2D eigenvalue weighted by atomic mass is 32.2. The predicted molar refractivity (Wildman–Crippen MR) is 127 cm³/mol. The van der Waals surface area contributed by atoms with Gasteiger partial charge in [-0.1, -0.05) is 24.6 Å². The van der Waals surface area contributed by atoms with Crippen LogP contribution in [0.15, 0.2) is 47.5 Å². The topological polar surface area (TPSA) is 114 Å². The van der Waals surface area contributed by atoms with E-state index < -0.39 is 16.1 Å². The summed E-state index contributed by atoms with van der Waals surface area (Å²) in [4.78, 5) is 42.8. The number of rotatable bonds is 7. The van der Waals surface area contributed by atoms with Crippen molar-refractivity contribution in [3.05, 3.63) is 58.4 Å². The molecule has 2 aromatic carbocycles. The van der Waals surface area contributed by atoms with Gasteiger partial charge >= 0.3 is 0 Å². The summed E-state index contributed by atoms with van der Waals surface area (Å²) in [5.74, 6) is -0.772. The van der Waals surface area contributed by atoms with Gasteiger partial charge in [-0.25, -0.2) is 9.38 Å². The van der Waals surface area contributed by atoms with Crippen LogP contribution in [0, 0.1) is 15.9 Å². The highest BCUT2D eigenvalue weighted by molar-refractivity contribution is 8.15. The zero-order valence-corrected chi connectivity index (χ0v) is 19.2. The number of nitro groups is 1. The van der Waals surface area contributed by atoms with Crippen molar-refractivity contribution in [3.8, 4) is 5.75 Å². The molecule has 4 rings (SSSR count). The van der Waals surface area contributed by atoms with Gasteiger partial charge in [0.2, 0.25) is 11.8 Å². The molecule has 1 N–H and O–H groups in total. The van der Waals surface area contributed by atoms with Crippen molar-refractivity contribution in [2.45, 2.75) is 43.4 Å². The average Bonchev–Trinajstić information content (AvgIpc) is 3.43. The van der Waals surface area contributed by atoms with Gasteiger partial charge in [0.1, 0.15) is 16.8 Å². The first kappa shape index (κ1) is 23.7. The molecule has 1 aliphatic heterocycles. The zero-order chi connectivity index (χ0) is 24.2. The maximum atomic E-state index is 13.3. The van der Waals surface area contributed by atoms with Crippen LogP contribution in [-0.2, 0) is 9.59 Å². The van der Waals surface area contributed by atoms with Crippen molar-refractivity contribution in [2.24, 2.45) is 4.99 Å². The zero-order valence-electron chi connectivity index (χ0n) is 18.4. The largest absolute Gasteiger partial charge is 0.495 e. The predicted octanol–water partition coefficient (Wildman–Crippen LogP) is 4.65. The van der Waals surface area contributed by atoms with Crippen LogP contribution in [0.4, 0.5) is 21.5 Å². The first-order valence-corrected chi connectivity index (χ1v) is 11.7. The number of halogens is 1. The summed E-state index contributed by atoms with van der Waals surface area (Å²) in [5.41, 5.74) is 0.486. The van der Waals surface area contributed by atoms with Crippen molar-refractivity contribution in [2.75, 3.05) is 12.4 Å². The summed E-state index contributed by atoms with van der Waals surface area (Å²) in [6, 6.07) is 9.59. The van der Waals surface area contributed by atoms with Crippen molar-refractivity contribution < 1.29 is 23.6 Å². The Hall–Kier alpha value is -3.47. The lowest BCUT2D eigenvalue weighted by atomic mass is 10.2. The first-order chi connectivity index (χ1) is 16.4. The van der Waals surface area contributed by atoms with Gasteiger partial charge in [0.05, 0.1) is 23.4 Å². The number of nitrogens with zero attached hydrogens (tertiary/aromatic N) is 3. The van der Waals surface area contributed by atoms with Gasteiger partial charge < -0.3 is 10.1 Å². The van der Waals surface area contributed by atoms with Gasteiger partial charge in [0, 0.05) is 24.6 Å². The van der Waals surface area contributed by atoms with E-state index in [-0.39, 0.29) is 41.3 Å². The molecular weight excluding hydrogens is 463 g/mol. The van der Waals surface area contributed by atoms with Crippen LogP contribution in [0.3, 0.4) is 0 Å². The van der Waals surface area contributed by atoms with Crippen LogP contribution in [0.1, 0.15) is 32.1 Å². The van der Waals surface area contributed by atoms with E-state index in [0.717, 1.165) is 25.7 Å². The third-order valence-electron chi connectivity index (χ3n) is 5.75. The van der Waals surface area contributed by atoms with Crippen molar-refractivity contribution in [1.29, 1.82) is 0 Å². The molecule has 0 aromatic heterocycles. The molecule has 11 heteroatoms. The number of non-ortho nitro benzene ring substituents is 1. The molecule has 2 aromatic rings. The number of aliphatic imine (C=N–C) groups is 1. The van der Waals surface area contributed by atoms with Gasteiger partial charge in [0.15, 0.2) is 5.17 Å². The Kier molecular flexibility index (Phi) is 7.11. The number of hydrogen-bond acceptors (Lipinski definition) is 7. The average molecular weight is 487 g/mol. The number of methoxy groups -OCH3 is 1. The highest BCUT2D eigenvalue weighted by Crippen LogP contribution is 2.37. The molecule has 9 nitrogen and oxygen atoms in total. The van der Waals surface area contributed by atoms with Gasteiger partial charge in [-0.2, -0.15) is 0 Å². The number of amides is 2. The Labute approximate surface area is 199 Å². The fourth-order valence-electron chi connectivity index (χ4n) is 4.09. The molecule has 1 saturated carbocycles. The molecular formula is C23H23FN4O5S. The van der Waals surface area contributed by atoms with E-state index in [1.807, 2.05) is 0 Å². The highest BCUT2D eigenvalue weighted by Gasteiger charge is 2.43. The number of nitro benzene ring substituents is 1. The molecule has 34 heavy (non-hydrogen) atoms. The van der Waals surface area contributed by atoms with Gasteiger partial charge in [-0.3, -0.25) is 24.6 Å². The van der Waals surface area contributed by atoms with Crippen molar-refractivity contribution >= 4 is 45.8 Å². The van der Waals surface area contributed by atoms with Crippen LogP contribution in [0.5, 0.6) is 5.75 Å². The lowest BCUT2D eigenvalue weighted by Gasteiger charge is -2.23. The summed E-state index contributed by atoms with van der Waals surface area (Å²) in [5, 5.41) is 13.5. The maximum Gasteiger partial charge on any atom is 0.271 e. The number of benzene rings is 2. The number of carbonyl (C=O) groups excluding carboxylic acids is 2. The van der Waals surface area contributed by atoms with E-state index in [4.69, 9.17) is 4.74 Å². The monoisotopic (exact) mass is 486 g/mol. The quantitative estimate of drug-likeness (QED) is 0.450. The Bertz CT molecular complexity index is 1130. The van der Waals surface area contributed by atoms with Crippen LogP contribution in [-0.4, -0.2) is 45.2 Å². The van der Waals surface area contributed by atoms with Crippen LogP contribution < -0.4 is 10.1 Å². The second-order valence-electron chi connectivity index (χ2n) is 8.02. The molecule has 1 saturated heterocycles. The Morgan fingerprint density at radius 2 is 1.97 bits per heavy atom. The Morgan fingerprint density at radius 3 is 2.62 bits per heavy atom. The molecule has 2 amide bonds. The Morgan fingerprint density at radius 1 is 1.26 bits per heavy atom. The number of amidine groups is 1. The molecule has 0 radical (unpaired) electrons. The third kappa shape index (κ3) is 5.19. The molecule has 1 aliphatic carbocycles. The van der Waals surface area contributed by atoms with E-state index >= 15 is 0 Å². The minimum absolute atomic E-state index is 0.0177. The summed E-state index contributed by atoms with van der Waals surface area (Å²) < 4.78 is 18.5. The van der Waals surface area contributed by atoms with Gasteiger partial charge in [0.25, 0.3) is 5.69 Å². The summed E-state index contributed by atoms with van der Waals surface area (Å²) in [6.45, 7) is 0. The standard InChI is InChI=1S/C23H23FN4O5S/c1-33-19-11-10-17(28(31)32)12-18(19)26-21(29)13-20-22(30)27(16-4-2-3-5-16)23(34-20)25-15-8-6-14(24)7-9-15/h6-12,16,20H,2-5,13H2,1H3,(H,26,29). The molecule has 1 unspecified atom stereocenters. The van der Waals surface area contributed by atoms with E-state index in [9.17, 15) is 24.1 Å².